The molecular formula is C11H28N11O4P. The van der Waals surface area contributed by atoms with Gasteiger partial charge in [-0.2, -0.15) is 29.9 Å². The van der Waals surface area contributed by atoms with Gasteiger partial charge in [-0.1, -0.05) is 22.3 Å². The van der Waals surface area contributed by atoms with Crippen molar-refractivity contribution < 1.29 is 19.2 Å². The predicted octanol–water partition coefficient (Wildman–Crippen LogP) is 0.0277. The van der Waals surface area contributed by atoms with Gasteiger partial charge in [0.2, 0.25) is 35.7 Å². The van der Waals surface area contributed by atoms with E-state index in [1.807, 2.05) is 0 Å². The summed E-state index contributed by atoms with van der Waals surface area (Å²) in [6.07, 6.45) is 0. The summed E-state index contributed by atoms with van der Waals surface area (Å²) >= 11 is 0. The Hall–Kier alpha value is -2.87. The van der Waals surface area contributed by atoms with E-state index in [2.05, 4.69) is 45.9 Å². The van der Waals surface area contributed by atoms with Crippen molar-refractivity contribution in [2.75, 3.05) is 41.5 Å². The van der Waals surface area contributed by atoms with Crippen LogP contribution in [0.5, 0.6) is 0 Å². The normalized spacial score (nSPS) is 9.22. The van der Waals surface area contributed by atoms with Crippen molar-refractivity contribution in [2.45, 2.75) is 22.3 Å². The molecule has 16 heteroatoms. The van der Waals surface area contributed by atoms with Gasteiger partial charge in [0.1, 0.15) is 0 Å². The molecule has 0 saturated heterocycles. The van der Waals surface area contributed by atoms with Crippen LogP contribution < -0.4 is 27.4 Å². The van der Waals surface area contributed by atoms with Crippen molar-refractivity contribution in [1.29, 1.82) is 0 Å². The van der Waals surface area contributed by atoms with Crippen LogP contribution in [-0.4, -0.2) is 58.7 Å². The predicted molar refractivity (Wildman–Crippen MR) is 105 cm³/mol. The zero-order valence-electron chi connectivity index (χ0n) is 12.5. The van der Waals surface area contributed by atoms with Crippen LogP contribution in [0.15, 0.2) is 0 Å². The summed E-state index contributed by atoms with van der Waals surface area (Å²) in [5.41, 5.74) is 11.1. The molecule has 0 aliphatic heterocycles. The molecule has 15 nitrogen and oxygen atoms in total. The number of hydrogen-bond donors (Lipinski definition) is 8. The van der Waals surface area contributed by atoms with E-state index >= 15 is 0 Å². The van der Waals surface area contributed by atoms with Crippen LogP contribution in [0.25, 0.3) is 0 Å². The minimum atomic E-state index is -4.64. The van der Waals surface area contributed by atoms with Crippen LogP contribution in [-0.2, 0) is 4.57 Å². The largest absolute Gasteiger partial charge is 0.466 e. The number of anilines is 6. The van der Waals surface area contributed by atoms with Crippen molar-refractivity contribution in [3.05, 3.63) is 0 Å². The molecule has 0 aliphatic rings. The molecular weight excluding hydrogens is 381 g/mol. The number of rotatable bonds is 4. The lowest BCUT2D eigenvalue weighted by Gasteiger charge is -2.07. The molecule has 0 bridgehead atoms. The molecule has 2 aromatic heterocycles. The van der Waals surface area contributed by atoms with Gasteiger partial charge in [-0.05, 0) is 0 Å². The second kappa shape index (κ2) is 12.5. The maximum absolute atomic E-state index is 8.88. The third-order valence-electron chi connectivity index (χ3n) is 1.98. The minimum absolute atomic E-state index is 0. The standard InChI is InChI=1S/C8H13N11.3CH4.H3O4P/c1-11-5-13-3(9)15-7(17-5)19-8-16-4(10)14-6(12-2)18-8;;;;1-5(2,3)4/h1-2H3,(H7,9,10,11,12,13,14,15,16,17,18,19);3*1H4;(H3,1,2,3,4). The smallest absolute Gasteiger partial charge is 0.368 e. The van der Waals surface area contributed by atoms with Crippen molar-refractivity contribution in [2.24, 2.45) is 0 Å². The first-order valence-electron chi connectivity index (χ1n) is 6.04. The van der Waals surface area contributed by atoms with Crippen LogP contribution >= 0.6 is 7.82 Å². The number of nitrogens with one attached hydrogen (secondary N) is 3. The lowest BCUT2D eigenvalue weighted by Crippen LogP contribution is -2.10. The van der Waals surface area contributed by atoms with E-state index in [-0.39, 0.29) is 46.1 Å². The molecule has 2 rings (SSSR count). The van der Waals surface area contributed by atoms with Gasteiger partial charge in [0.15, 0.2) is 0 Å². The number of hydrogen-bond acceptors (Lipinski definition) is 12. The van der Waals surface area contributed by atoms with E-state index in [9.17, 15) is 0 Å². The zero-order chi connectivity index (χ0) is 18.3. The van der Waals surface area contributed by atoms with Crippen LogP contribution in [0.2, 0.25) is 0 Å². The highest BCUT2D eigenvalue weighted by atomic mass is 31.2. The Morgan fingerprint density at radius 3 is 1.22 bits per heavy atom. The fourth-order valence-electron chi connectivity index (χ4n) is 1.22. The van der Waals surface area contributed by atoms with Gasteiger partial charge >= 0.3 is 7.82 Å². The molecule has 0 fully saturated rings. The van der Waals surface area contributed by atoms with Crippen molar-refractivity contribution >= 4 is 43.5 Å². The Morgan fingerprint density at radius 1 is 0.704 bits per heavy atom. The Kier molecular flexibility index (Phi) is 13.4. The summed E-state index contributed by atoms with van der Waals surface area (Å²) in [4.78, 5) is 45.2. The summed E-state index contributed by atoms with van der Waals surface area (Å²) in [6, 6.07) is 0. The van der Waals surface area contributed by atoms with Crippen molar-refractivity contribution in [3.63, 3.8) is 0 Å². The number of aromatic nitrogens is 6. The molecule has 10 N–H and O–H groups in total. The third kappa shape index (κ3) is 12.2. The van der Waals surface area contributed by atoms with Crippen LogP contribution in [0.3, 0.4) is 0 Å². The molecule has 2 heterocycles. The quantitative estimate of drug-likeness (QED) is 0.310. The van der Waals surface area contributed by atoms with Crippen LogP contribution in [0.1, 0.15) is 22.3 Å². The summed E-state index contributed by atoms with van der Waals surface area (Å²) < 4.78 is 8.88. The molecule has 27 heavy (non-hydrogen) atoms. The molecule has 0 spiro atoms. The Morgan fingerprint density at radius 2 is 0.963 bits per heavy atom. The number of nitrogen functional groups attached to an aromatic ring is 2. The van der Waals surface area contributed by atoms with E-state index in [4.69, 9.17) is 30.7 Å². The fraction of sp³-hybridized carbons (Fsp3) is 0.455. The monoisotopic (exact) mass is 409 g/mol. The van der Waals surface area contributed by atoms with E-state index in [0.29, 0.717) is 11.9 Å². The number of phosphoric acid groups is 1. The van der Waals surface area contributed by atoms with Gasteiger partial charge in [0.05, 0.1) is 0 Å². The maximum Gasteiger partial charge on any atom is 0.466 e. The highest BCUT2D eigenvalue weighted by Gasteiger charge is 2.07. The Balaban J connectivity index is -0.000000644. The topological polar surface area (TPSA) is 243 Å². The summed E-state index contributed by atoms with van der Waals surface area (Å²) in [7, 11) is -1.31. The van der Waals surface area contributed by atoms with Crippen molar-refractivity contribution in [1.82, 2.24) is 29.9 Å². The fourth-order valence-corrected chi connectivity index (χ4v) is 1.22. The van der Waals surface area contributed by atoms with Gasteiger partial charge in [0.25, 0.3) is 0 Å². The van der Waals surface area contributed by atoms with Gasteiger partial charge in [-0.25, -0.2) is 4.57 Å². The Bertz CT molecular complexity index is 682. The molecule has 2 aromatic rings. The average molecular weight is 409 g/mol. The molecule has 0 amide bonds. The summed E-state index contributed by atoms with van der Waals surface area (Å²) in [5, 5.41) is 8.28. The lowest BCUT2D eigenvalue weighted by molar-refractivity contribution is 0.275. The molecule has 0 aliphatic carbocycles. The molecule has 0 radical (unpaired) electrons. The summed E-state index contributed by atoms with van der Waals surface area (Å²) in [6.45, 7) is 0. The lowest BCUT2D eigenvalue weighted by atomic mass is 10.7. The molecule has 0 saturated carbocycles. The highest BCUT2D eigenvalue weighted by Crippen LogP contribution is 2.25. The number of nitrogens with zero attached hydrogens (tertiary/aromatic N) is 6. The summed E-state index contributed by atoms with van der Waals surface area (Å²) in [5.74, 6) is 1.18. The van der Waals surface area contributed by atoms with Crippen LogP contribution in [0.4, 0.5) is 35.7 Å². The van der Waals surface area contributed by atoms with Crippen molar-refractivity contribution in [3.8, 4) is 0 Å². The van der Waals surface area contributed by atoms with E-state index in [1.54, 1.807) is 14.1 Å². The molecule has 0 atom stereocenters. The Labute approximate surface area is 157 Å². The van der Waals surface area contributed by atoms with Gasteiger partial charge in [0, 0.05) is 14.1 Å². The SMILES string of the molecule is C.C.C.CNc1nc(N)nc(Nc2nc(N)nc(NC)n2)n1.O=P(O)(O)O. The molecule has 0 aromatic carbocycles. The minimum Gasteiger partial charge on any atom is -0.368 e. The van der Waals surface area contributed by atoms with Gasteiger partial charge in [-0.3, -0.25) is 5.32 Å². The van der Waals surface area contributed by atoms with Crippen LogP contribution in [0, 0.1) is 0 Å². The first-order chi connectivity index (χ1) is 11.1. The average Bonchev–Trinajstić information content (AvgIpc) is 2.44. The van der Waals surface area contributed by atoms with E-state index in [0.717, 1.165) is 0 Å². The second-order valence-corrected chi connectivity index (χ2v) is 4.85. The second-order valence-electron chi connectivity index (χ2n) is 3.82. The maximum atomic E-state index is 8.88. The molecule has 156 valence electrons. The van der Waals surface area contributed by atoms with Gasteiger partial charge in [-0.15, -0.1) is 0 Å². The van der Waals surface area contributed by atoms with E-state index in [1.165, 1.54) is 0 Å². The number of nitrogens with two attached hydrogens (primary N) is 2. The molecule has 0 unspecified atom stereocenters. The zero-order valence-corrected chi connectivity index (χ0v) is 13.4. The third-order valence-corrected chi connectivity index (χ3v) is 1.98. The van der Waals surface area contributed by atoms with E-state index < -0.39 is 7.82 Å². The first kappa shape index (κ1) is 28.9. The first-order valence-corrected chi connectivity index (χ1v) is 7.61. The van der Waals surface area contributed by atoms with Gasteiger partial charge < -0.3 is 36.8 Å². The highest BCUT2D eigenvalue weighted by molar-refractivity contribution is 7.45.